The number of likely N-dealkylation sites (tertiary alicyclic amines) is 1. The Morgan fingerprint density at radius 1 is 1.50 bits per heavy atom. The average Bonchev–Trinajstić information content (AvgIpc) is 3.18. The van der Waals surface area contributed by atoms with Gasteiger partial charge in [0.15, 0.2) is 5.76 Å². The zero-order valence-corrected chi connectivity index (χ0v) is 12.8. The zero-order chi connectivity index (χ0) is 15.7. The summed E-state index contributed by atoms with van der Waals surface area (Å²) in [6.07, 6.45) is 4.49. The number of amides is 1. The van der Waals surface area contributed by atoms with Crippen molar-refractivity contribution in [3.8, 4) is 0 Å². The molecule has 0 saturated carbocycles. The highest BCUT2D eigenvalue weighted by Crippen LogP contribution is 2.31. The van der Waals surface area contributed by atoms with E-state index in [4.69, 9.17) is 4.42 Å². The molecule has 118 valence electrons. The molecule has 0 bridgehead atoms. The molecule has 1 fully saturated rings. The van der Waals surface area contributed by atoms with Crippen LogP contribution in [0.2, 0.25) is 0 Å². The molecule has 0 aromatic carbocycles. The number of nitrogens with zero attached hydrogens (tertiary/aromatic N) is 4. The largest absolute Gasteiger partial charge is 0.459 e. The molecule has 1 aliphatic rings. The molecule has 2 aromatic rings. The lowest BCUT2D eigenvalue weighted by atomic mass is 9.90. The van der Waals surface area contributed by atoms with E-state index in [0.717, 1.165) is 0 Å². The Labute approximate surface area is 128 Å². The molecule has 2 aromatic heterocycles. The van der Waals surface area contributed by atoms with Crippen molar-refractivity contribution in [1.29, 1.82) is 0 Å². The zero-order valence-electron chi connectivity index (χ0n) is 12.8. The van der Waals surface area contributed by atoms with Crippen LogP contribution >= 0.6 is 0 Å². The van der Waals surface area contributed by atoms with Crippen molar-refractivity contribution in [1.82, 2.24) is 19.9 Å². The highest BCUT2D eigenvalue weighted by Gasteiger charge is 2.39. The fraction of sp³-hybridized carbons (Fsp3) is 0.533. The van der Waals surface area contributed by atoms with Gasteiger partial charge in [-0.1, -0.05) is 5.21 Å². The van der Waals surface area contributed by atoms with Crippen molar-refractivity contribution in [2.24, 2.45) is 0 Å². The van der Waals surface area contributed by atoms with Gasteiger partial charge in [0, 0.05) is 12.6 Å². The van der Waals surface area contributed by atoms with Crippen LogP contribution < -0.4 is 0 Å². The molecular weight excluding hydrogens is 284 g/mol. The van der Waals surface area contributed by atoms with E-state index < -0.39 is 5.60 Å². The maximum atomic E-state index is 12.4. The minimum atomic E-state index is -1.16. The van der Waals surface area contributed by atoms with E-state index in [9.17, 15) is 9.90 Å². The van der Waals surface area contributed by atoms with Gasteiger partial charge in [-0.15, -0.1) is 5.10 Å². The second-order valence-electron chi connectivity index (χ2n) is 6.02. The van der Waals surface area contributed by atoms with Gasteiger partial charge in [-0.25, -0.2) is 4.68 Å². The summed E-state index contributed by atoms with van der Waals surface area (Å²) in [5, 5.41) is 19.0. The number of carbonyl (C=O) groups excluding carboxylic acids is 1. The smallest absolute Gasteiger partial charge is 0.289 e. The lowest BCUT2D eigenvalue weighted by molar-refractivity contribution is -0.0328. The lowest BCUT2D eigenvalue weighted by Crippen LogP contribution is -2.48. The molecule has 1 atom stereocenters. The molecule has 3 heterocycles. The van der Waals surface area contributed by atoms with E-state index in [1.807, 2.05) is 13.8 Å². The average molecular weight is 304 g/mol. The van der Waals surface area contributed by atoms with E-state index in [1.165, 1.54) is 6.26 Å². The summed E-state index contributed by atoms with van der Waals surface area (Å²) in [7, 11) is 0. The topological polar surface area (TPSA) is 84.4 Å². The Kier molecular flexibility index (Phi) is 3.74. The third kappa shape index (κ3) is 2.64. The van der Waals surface area contributed by atoms with Crippen molar-refractivity contribution in [3.63, 3.8) is 0 Å². The van der Waals surface area contributed by atoms with Crippen molar-refractivity contribution in [3.05, 3.63) is 36.0 Å². The Morgan fingerprint density at radius 3 is 2.95 bits per heavy atom. The fourth-order valence-corrected chi connectivity index (χ4v) is 2.72. The first-order valence-electron chi connectivity index (χ1n) is 7.47. The third-order valence-corrected chi connectivity index (χ3v) is 4.01. The minimum absolute atomic E-state index is 0.175. The predicted octanol–water partition coefficient (Wildman–Crippen LogP) is 1.58. The number of furan rings is 1. The minimum Gasteiger partial charge on any atom is -0.459 e. The second-order valence-corrected chi connectivity index (χ2v) is 6.02. The van der Waals surface area contributed by atoms with Crippen LogP contribution in [0.4, 0.5) is 0 Å². The Hall–Kier alpha value is -2.15. The van der Waals surface area contributed by atoms with Crippen LogP contribution in [0.5, 0.6) is 0 Å². The van der Waals surface area contributed by atoms with Crippen LogP contribution in [0.3, 0.4) is 0 Å². The molecular formula is C15H20N4O3. The molecule has 22 heavy (non-hydrogen) atoms. The highest BCUT2D eigenvalue weighted by molar-refractivity contribution is 5.91. The van der Waals surface area contributed by atoms with Gasteiger partial charge in [0.1, 0.15) is 11.3 Å². The molecule has 7 heteroatoms. The number of aromatic nitrogens is 3. The molecule has 1 N–H and O–H groups in total. The molecule has 1 amide bonds. The number of hydrogen-bond donors (Lipinski definition) is 1. The van der Waals surface area contributed by atoms with Gasteiger partial charge in [0.05, 0.1) is 19.0 Å². The standard InChI is InChI=1S/C15H20N4O3/c1-11(2)19-9-13(16-17-19)15(21)6-4-7-18(10-15)14(20)12-5-3-8-22-12/h3,5,8-9,11,21H,4,6-7,10H2,1-2H3. The molecule has 3 rings (SSSR count). The van der Waals surface area contributed by atoms with Crippen LogP contribution in [0.15, 0.2) is 29.0 Å². The Bertz CT molecular complexity index is 650. The van der Waals surface area contributed by atoms with E-state index in [1.54, 1.807) is 27.9 Å². The monoisotopic (exact) mass is 304 g/mol. The summed E-state index contributed by atoms with van der Waals surface area (Å²) < 4.78 is 6.86. The van der Waals surface area contributed by atoms with Crippen LogP contribution in [-0.4, -0.2) is 44.0 Å². The summed E-state index contributed by atoms with van der Waals surface area (Å²) in [6, 6.07) is 3.48. The lowest BCUT2D eigenvalue weighted by Gasteiger charge is -2.37. The van der Waals surface area contributed by atoms with Gasteiger partial charge < -0.3 is 14.4 Å². The van der Waals surface area contributed by atoms with Crippen molar-refractivity contribution in [2.75, 3.05) is 13.1 Å². The quantitative estimate of drug-likeness (QED) is 0.930. The number of aliphatic hydroxyl groups is 1. The van der Waals surface area contributed by atoms with Gasteiger partial charge in [0.2, 0.25) is 0 Å². The summed E-state index contributed by atoms with van der Waals surface area (Å²) >= 11 is 0. The number of hydrogen-bond acceptors (Lipinski definition) is 5. The van der Waals surface area contributed by atoms with E-state index in [-0.39, 0.29) is 24.3 Å². The SMILES string of the molecule is CC(C)n1cc(C2(O)CCCN(C(=O)c3ccco3)C2)nn1. The first-order chi connectivity index (χ1) is 10.5. The summed E-state index contributed by atoms with van der Waals surface area (Å²) in [5.41, 5.74) is -0.647. The van der Waals surface area contributed by atoms with Crippen LogP contribution in [-0.2, 0) is 5.60 Å². The highest BCUT2D eigenvalue weighted by atomic mass is 16.3. The van der Waals surface area contributed by atoms with E-state index in [0.29, 0.717) is 25.1 Å². The second kappa shape index (κ2) is 5.57. The van der Waals surface area contributed by atoms with E-state index in [2.05, 4.69) is 10.3 Å². The van der Waals surface area contributed by atoms with Crippen molar-refractivity contribution >= 4 is 5.91 Å². The maximum absolute atomic E-state index is 12.4. The van der Waals surface area contributed by atoms with Crippen LogP contribution in [0, 0.1) is 0 Å². The third-order valence-electron chi connectivity index (χ3n) is 4.01. The predicted molar refractivity (Wildman–Crippen MR) is 78.1 cm³/mol. The first kappa shape index (κ1) is 14.8. The van der Waals surface area contributed by atoms with Crippen molar-refractivity contribution in [2.45, 2.75) is 38.3 Å². The van der Waals surface area contributed by atoms with Gasteiger partial charge in [-0.05, 0) is 38.8 Å². The molecule has 0 radical (unpaired) electrons. The number of piperidine rings is 1. The number of rotatable bonds is 3. The molecule has 0 spiro atoms. The summed E-state index contributed by atoms with van der Waals surface area (Å²) in [6.45, 7) is 4.79. The fourth-order valence-electron chi connectivity index (χ4n) is 2.72. The molecule has 1 unspecified atom stereocenters. The summed E-state index contributed by atoms with van der Waals surface area (Å²) in [5.74, 6) is 0.0782. The van der Waals surface area contributed by atoms with Gasteiger partial charge in [-0.3, -0.25) is 4.79 Å². The molecule has 0 aliphatic carbocycles. The van der Waals surface area contributed by atoms with Gasteiger partial charge in [0.25, 0.3) is 5.91 Å². The van der Waals surface area contributed by atoms with Crippen LogP contribution in [0.1, 0.15) is 49.0 Å². The Morgan fingerprint density at radius 2 is 2.32 bits per heavy atom. The molecule has 7 nitrogen and oxygen atoms in total. The van der Waals surface area contributed by atoms with Crippen molar-refractivity contribution < 1.29 is 14.3 Å². The maximum Gasteiger partial charge on any atom is 0.289 e. The number of β-amino-alcohol motifs (C(OH)–C–C–N with tert-alkyl or cyclic N) is 1. The van der Waals surface area contributed by atoms with Gasteiger partial charge in [-0.2, -0.15) is 0 Å². The van der Waals surface area contributed by atoms with Gasteiger partial charge >= 0.3 is 0 Å². The van der Waals surface area contributed by atoms with E-state index >= 15 is 0 Å². The van der Waals surface area contributed by atoms with Crippen LogP contribution in [0.25, 0.3) is 0 Å². The molecule has 1 saturated heterocycles. The normalized spacial score (nSPS) is 22.3. The first-order valence-corrected chi connectivity index (χ1v) is 7.47. The number of carbonyl (C=O) groups is 1. The molecule has 1 aliphatic heterocycles. The summed E-state index contributed by atoms with van der Waals surface area (Å²) in [4.78, 5) is 14.0. The Balaban J connectivity index is 1.80.